The standard InChI is InChI=1S/C52H67N7O8.5H2S/c1-10-44(66-9)37-17-19-53-28-40(37)47-39-27-52(6,7)30-67-51(65)41-14-13-20-59(55-41)50(64)42(24-32-22-35(25-36(60)23-32)33-15-16-43(38(39)26-33)58(47)12-3)54-48(62)46(31(4)5)56(8)49(63)34-18-21-57(29-34)45(61)11-2;;;;;/h11,15-17,19,22-23,25-26,28,31,34,41-42,44,46,55,60H,2,10,12-14,18,20-21,24,27,29-30H2,1,3-9H3,(H,54,62);5*1H2/t34-,41-,42-,44-,46-;;;;;/m0...../s1. The number of rotatable bonds is 11. The molecule has 398 valence electrons. The van der Waals surface area contributed by atoms with Crippen LogP contribution in [0.2, 0.25) is 0 Å². The molecule has 20 heteroatoms. The Balaban J connectivity index is 0.00000355. The number of nitrogens with one attached hydrogen (secondary N) is 2. The molecule has 3 aliphatic heterocycles. The number of hydrogen-bond donors (Lipinski definition) is 3. The molecule has 2 aromatic heterocycles. The van der Waals surface area contributed by atoms with Gasteiger partial charge in [0.1, 0.15) is 23.9 Å². The minimum Gasteiger partial charge on any atom is -0.508 e. The van der Waals surface area contributed by atoms with E-state index < -0.39 is 47.2 Å². The summed E-state index contributed by atoms with van der Waals surface area (Å²) in [6.45, 7) is 17.3. The summed E-state index contributed by atoms with van der Waals surface area (Å²) in [4.78, 5) is 77.1. The first-order valence-corrected chi connectivity index (χ1v) is 23.7. The van der Waals surface area contributed by atoms with Crippen molar-refractivity contribution in [2.24, 2.45) is 17.3 Å². The predicted octanol–water partition coefficient (Wildman–Crippen LogP) is 6.92. The van der Waals surface area contributed by atoms with E-state index in [1.165, 1.54) is 16.0 Å². The topological polar surface area (TPSA) is 176 Å². The molecule has 2 aromatic carbocycles. The third-order valence-corrected chi connectivity index (χ3v) is 13.6. The van der Waals surface area contributed by atoms with Gasteiger partial charge in [-0.25, -0.2) is 5.43 Å². The van der Waals surface area contributed by atoms with Crippen LogP contribution in [-0.4, -0.2) is 118 Å². The molecule has 4 amide bonds. The quantitative estimate of drug-likeness (QED) is 0.106. The molecule has 2 fully saturated rings. The van der Waals surface area contributed by atoms with Gasteiger partial charge < -0.3 is 34.3 Å². The highest BCUT2D eigenvalue weighted by Crippen LogP contribution is 2.43. The number of carbonyl (C=O) groups is 5. The van der Waals surface area contributed by atoms with Crippen molar-refractivity contribution in [3.8, 4) is 28.1 Å². The fourth-order valence-electron chi connectivity index (χ4n) is 10.3. The Hall–Kier alpha value is -4.31. The van der Waals surface area contributed by atoms with Crippen molar-refractivity contribution in [1.82, 2.24) is 35.1 Å². The summed E-state index contributed by atoms with van der Waals surface area (Å²) >= 11 is 0. The van der Waals surface area contributed by atoms with Crippen molar-refractivity contribution in [1.29, 1.82) is 0 Å². The SMILES string of the molecule is C=CC(=O)N1CC[C@H](C(=O)N(C)[C@H](C(=O)N[C@H]2Cc3cc(O)cc(c3)-c3ccc4c(c3)c(c(-c3cnccc3[C@H](CC)OC)n4CC)CC(C)(C)COC(=O)[C@@H]3CCCN(N3)C2=O)C(C)C)C1.S.S.S.S.S. The molecule has 4 aromatic rings. The predicted molar refractivity (Wildman–Crippen MR) is 308 cm³/mol. The van der Waals surface area contributed by atoms with E-state index in [0.717, 1.165) is 50.8 Å². The number of methoxy groups -OCH3 is 1. The number of likely N-dealkylation sites (N-methyl/N-ethyl adjacent to an activating group) is 1. The number of ether oxygens (including phenoxy) is 2. The Morgan fingerprint density at radius 2 is 1.75 bits per heavy atom. The number of aromatic nitrogens is 2. The van der Waals surface area contributed by atoms with E-state index >= 15 is 0 Å². The third kappa shape index (κ3) is 13.7. The lowest BCUT2D eigenvalue weighted by molar-refractivity contribution is -0.155. The van der Waals surface area contributed by atoms with E-state index in [1.807, 2.05) is 38.2 Å². The third-order valence-electron chi connectivity index (χ3n) is 13.6. The van der Waals surface area contributed by atoms with Gasteiger partial charge in [-0.2, -0.15) is 67.5 Å². The minimum absolute atomic E-state index is 0. The summed E-state index contributed by atoms with van der Waals surface area (Å²) in [6.07, 6.45) is 7.46. The Labute approximate surface area is 459 Å². The van der Waals surface area contributed by atoms with Crippen LogP contribution < -0.4 is 10.7 Å². The molecule has 5 heterocycles. The molecule has 3 N–H and O–H groups in total. The second-order valence-electron chi connectivity index (χ2n) is 19.4. The molecule has 72 heavy (non-hydrogen) atoms. The van der Waals surface area contributed by atoms with Crippen LogP contribution in [0, 0.1) is 17.3 Å². The number of aryl methyl sites for hydroxylation is 1. The van der Waals surface area contributed by atoms with Crippen LogP contribution in [0.3, 0.4) is 0 Å². The highest BCUT2D eigenvalue weighted by Gasteiger charge is 2.40. The highest BCUT2D eigenvalue weighted by molar-refractivity contribution is 7.60. The number of amides is 4. The van der Waals surface area contributed by atoms with Gasteiger partial charge in [0.2, 0.25) is 17.7 Å². The van der Waals surface area contributed by atoms with E-state index in [2.05, 4.69) is 66.7 Å². The van der Waals surface area contributed by atoms with E-state index in [4.69, 9.17) is 9.47 Å². The molecular formula is C52H77N7O8S5. The first-order chi connectivity index (χ1) is 32.0. The fraction of sp³-hybridized carbons (Fsp3) is 0.500. The normalized spacial score (nSPS) is 19.4. The number of cyclic esters (lactones) is 1. The molecule has 5 atom stereocenters. The van der Waals surface area contributed by atoms with Crippen LogP contribution in [0.5, 0.6) is 5.75 Å². The summed E-state index contributed by atoms with van der Waals surface area (Å²) < 4.78 is 14.4. The van der Waals surface area contributed by atoms with Crippen molar-refractivity contribution < 1.29 is 38.6 Å². The first-order valence-electron chi connectivity index (χ1n) is 23.7. The number of hydrogen-bond acceptors (Lipinski definition) is 10. The number of hydrazine groups is 1. The molecule has 6 bridgehead atoms. The maximum Gasteiger partial charge on any atom is 0.324 e. The van der Waals surface area contributed by atoms with Crippen molar-refractivity contribution in [3.05, 3.63) is 84.2 Å². The molecule has 3 aliphatic rings. The van der Waals surface area contributed by atoms with E-state index in [-0.39, 0.29) is 123 Å². The van der Waals surface area contributed by atoms with Gasteiger partial charge in [-0.15, -0.1) is 0 Å². The van der Waals surface area contributed by atoms with E-state index in [9.17, 15) is 29.1 Å². The van der Waals surface area contributed by atoms with Gasteiger partial charge in [-0.05, 0) is 109 Å². The second-order valence-corrected chi connectivity index (χ2v) is 19.4. The van der Waals surface area contributed by atoms with Crippen LogP contribution in [-0.2, 0) is 52.8 Å². The van der Waals surface area contributed by atoms with Crippen LogP contribution in [0.15, 0.2) is 67.5 Å². The number of benzene rings is 2. The number of fused-ring (bicyclic) bond motifs is 6. The zero-order chi connectivity index (χ0) is 48.3. The molecule has 0 aliphatic carbocycles. The van der Waals surface area contributed by atoms with Gasteiger partial charge in [-0.3, -0.25) is 34.0 Å². The maximum absolute atomic E-state index is 14.7. The molecule has 0 spiro atoms. The largest absolute Gasteiger partial charge is 0.508 e. The molecular weight excluding hydrogens is 1010 g/mol. The van der Waals surface area contributed by atoms with Crippen molar-refractivity contribution in [2.75, 3.05) is 40.4 Å². The van der Waals surface area contributed by atoms with Crippen LogP contribution >= 0.6 is 67.5 Å². The number of pyridine rings is 1. The zero-order valence-corrected chi connectivity index (χ0v) is 47.8. The average Bonchev–Trinajstić information content (AvgIpc) is 3.93. The highest BCUT2D eigenvalue weighted by atomic mass is 32.1. The van der Waals surface area contributed by atoms with Gasteiger partial charge in [-0.1, -0.05) is 53.3 Å². The molecule has 2 saturated heterocycles. The van der Waals surface area contributed by atoms with Crippen LogP contribution in [0.4, 0.5) is 0 Å². The van der Waals surface area contributed by atoms with E-state index in [0.29, 0.717) is 44.3 Å². The van der Waals surface area contributed by atoms with Gasteiger partial charge in [0.05, 0.1) is 24.3 Å². The lowest BCUT2D eigenvalue weighted by Gasteiger charge is -2.37. The number of carbonyl (C=O) groups excluding carboxylic acids is 5. The smallest absolute Gasteiger partial charge is 0.324 e. The minimum atomic E-state index is -1.16. The Kier molecular flexibility index (Phi) is 24.2. The molecule has 0 unspecified atom stereocenters. The van der Waals surface area contributed by atoms with Crippen molar-refractivity contribution >= 4 is 108 Å². The number of aromatic hydroxyl groups is 1. The summed E-state index contributed by atoms with van der Waals surface area (Å²) in [5, 5.41) is 16.7. The van der Waals surface area contributed by atoms with Crippen LogP contribution in [0.25, 0.3) is 33.3 Å². The molecule has 15 nitrogen and oxygen atoms in total. The number of nitrogens with zero attached hydrogens (tertiary/aromatic N) is 5. The zero-order valence-electron chi connectivity index (χ0n) is 42.8. The monoisotopic (exact) mass is 1090 g/mol. The fourth-order valence-corrected chi connectivity index (χ4v) is 10.3. The lowest BCUT2D eigenvalue weighted by Crippen LogP contribution is -2.62. The van der Waals surface area contributed by atoms with Crippen LogP contribution in [0.1, 0.15) is 90.0 Å². The number of esters is 1. The summed E-state index contributed by atoms with van der Waals surface area (Å²) in [5.41, 5.74) is 9.80. The first kappa shape index (κ1) is 63.8. The Morgan fingerprint density at radius 3 is 2.40 bits per heavy atom. The van der Waals surface area contributed by atoms with Gasteiger partial charge >= 0.3 is 5.97 Å². The second kappa shape index (κ2) is 27.3. The summed E-state index contributed by atoms with van der Waals surface area (Å²) in [5.74, 6) is -2.86. The maximum atomic E-state index is 14.7. The number of likely N-dealkylation sites (tertiary alicyclic amines) is 1. The number of phenolic OH excluding ortho intramolecular Hbond substituents is 1. The van der Waals surface area contributed by atoms with Crippen molar-refractivity contribution in [2.45, 2.75) is 111 Å². The lowest BCUT2D eigenvalue weighted by atomic mass is 9.83. The average molecular weight is 1090 g/mol. The Bertz CT molecular complexity index is 2550. The Morgan fingerprint density at radius 1 is 1.03 bits per heavy atom. The number of phenols is 1. The van der Waals surface area contributed by atoms with E-state index in [1.54, 1.807) is 37.4 Å². The van der Waals surface area contributed by atoms with Gasteiger partial charge in [0, 0.05) is 81.0 Å². The van der Waals surface area contributed by atoms with Gasteiger partial charge in [0.15, 0.2) is 0 Å². The summed E-state index contributed by atoms with van der Waals surface area (Å²) in [6, 6.07) is 10.5. The molecule has 0 radical (unpaired) electrons. The molecule has 7 rings (SSSR count). The molecule has 0 saturated carbocycles. The van der Waals surface area contributed by atoms with Gasteiger partial charge in [0.25, 0.3) is 5.91 Å². The summed E-state index contributed by atoms with van der Waals surface area (Å²) in [7, 11) is 3.30. The van der Waals surface area contributed by atoms with Crippen molar-refractivity contribution in [3.63, 3.8) is 0 Å².